The summed E-state index contributed by atoms with van der Waals surface area (Å²) < 4.78 is 30.7. The molecule has 0 spiro atoms. The minimum Gasteiger partial charge on any atom is -0.465 e. The quantitative estimate of drug-likeness (QED) is 0.138. The first-order valence-electron chi connectivity index (χ1n) is 14.2. The third-order valence-electron chi connectivity index (χ3n) is 7.15. The maximum Gasteiger partial charge on any atom is 0.337 e. The number of carbonyl (C=O) groups excluding carboxylic acids is 2. The van der Waals surface area contributed by atoms with E-state index in [-0.39, 0.29) is 5.92 Å². The largest absolute Gasteiger partial charge is 0.465 e. The summed E-state index contributed by atoms with van der Waals surface area (Å²) in [5.74, 6) is -0.450. The molecule has 46 heavy (non-hydrogen) atoms. The van der Waals surface area contributed by atoms with Crippen molar-refractivity contribution in [3.05, 3.63) is 130 Å². The molecule has 0 saturated carbocycles. The number of ether oxygens (including phenoxy) is 1. The molecule has 9 nitrogen and oxygen atoms in total. The van der Waals surface area contributed by atoms with Crippen molar-refractivity contribution in [2.24, 2.45) is 0 Å². The number of carbonyl (C=O) groups is 2. The molecule has 1 heterocycles. The van der Waals surface area contributed by atoms with Crippen LogP contribution in [0.5, 0.6) is 0 Å². The molecule has 0 aliphatic rings. The molecule has 0 radical (unpaired) electrons. The number of urea groups is 1. The number of benzene rings is 4. The van der Waals surface area contributed by atoms with Crippen LogP contribution in [0.2, 0.25) is 4.34 Å². The van der Waals surface area contributed by atoms with E-state index in [0.717, 1.165) is 28.7 Å². The summed E-state index contributed by atoms with van der Waals surface area (Å²) in [4.78, 5) is 32.1. The summed E-state index contributed by atoms with van der Waals surface area (Å²) in [5.41, 5.74) is 4.73. The zero-order chi connectivity index (χ0) is 32.7. The Kier molecular flexibility index (Phi) is 10.4. The third kappa shape index (κ3) is 8.30. The molecular weight excluding hydrogens is 644 g/mol. The molecule has 2 amide bonds. The van der Waals surface area contributed by atoms with Crippen molar-refractivity contribution in [2.45, 2.75) is 12.3 Å². The lowest BCUT2D eigenvalue weighted by molar-refractivity contribution is 0.0600. The van der Waals surface area contributed by atoms with Gasteiger partial charge < -0.3 is 4.74 Å². The van der Waals surface area contributed by atoms with Crippen molar-refractivity contribution < 1.29 is 22.7 Å². The van der Waals surface area contributed by atoms with E-state index in [1.54, 1.807) is 53.4 Å². The molecule has 0 bridgehead atoms. The van der Waals surface area contributed by atoms with Crippen molar-refractivity contribution in [1.82, 2.24) is 4.98 Å². The topological polar surface area (TPSA) is 118 Å². The van der Waals surface area contributed by atoms with E-state index in [4.69, 9.17) is 16.3 Å². The number of halogens is 1. The molecule has 12 heteroatoms. The Morgan fingerprint density at radius 2 is 1.48 bits per heavy atom. The lowest BCUT2D eigenvalue weighted by Gasteiger charge is -2.26. The predicted molar refractivity (Wildman–Crippen MR) is 185 cm³/mol. The lowest BCUT2D eigenvalue weighted by Crippen LogP contribution is -2.36. The van der Waals surface area contributed by atoms with Crippen LogP contribution in [0.1, 0.15) is 33.8 Å². The van der Waals surface area contributed by atoms with Gasteiger partial charge in [-0.15, -0.1) is 0 Å². The summed E-state index contributed by atoms with van der Waals surface area (Å²) in [6.45, 7) is 0.346. The lowest BCUT2D eigenvalue weighted by atomic mass is 9.88. The Morgan fingerprint density at radius 1 is 0.891 bits per heavy atom. The number of amides is 2. The predicted octanol–water partition coefficient (Wildman–Crippen LogP) is 7.88. The molecular formula is C34H31ClN4O5S2. The van der Waals surface area contributed by atoms with Gasteiger partial charge in [0, 0.05) is 29.4 Å². The fourth-order valence-electron chi connectivity index (χ4n) is 5.00. The number of sulfonamides is 1. The molecule has 0 aliphatic carbocycles. The van der Waals surface area contributed by atoms with Crippen molar-refractivity contribution in [1.29, 1.82) is 0 Å². The fraction of sp³-hybridized carbons (Fsp3) is 0.147. The number of rotatable bonds is 11. The van der Waals surface area contributed by atoms with E-state index in [1.165, 1.54) is 7.11 Å². The molecule has 0 atom stereocenters. The standard InChI is InChI=1S/C34H31ClN4O5S2/c1-44-32(40)26-15-19-28(20-16-26)39(22-21-29(23-9-5-3-6-10-23)24-11-7-4-8-12-24)34(41)37-33-36-30(31(35)45-33)25-13-17-27(18-14-25)38-46(2,42)43/h3-20,29,38H,21-22H2,1-2H3,(H,36,37,41). The first-order valence-corrected chi connectivity index (χ1v) is 17.3. The Bertz CT molecular complexity index is 1860. The Labute approximate surface area is 276 Å². The Balaban J connectivity index is 1.41. The zero-order valence-electron chi connectivity index (χ0n) is 25.0. The number of anilines is 3. The van der Waals surface area contributed by atoms with E-state index in [1.807, 2.05) is 36.4 Å². The van der Waals surface area contributed by atoms with Gasteiger partial charge in [-0.05, 0) is 53.9 Å². The van der Waals surface area contributed by atoms with Gasteiger partial charge in [0.1, 0.15) is 10.0 Å². The minimum absolute atomic E-state index is 0.0214. The monoisotopic (exact) mass is 674 g/mol. The number of esters is 1. The van der Waals surface area contributed by atoms with Crippen LogP contribution in [0, 0.1) is 0 Å². The smallest absolute Gasteiger partial charge is 0.337 e. The SMILES string of the molecule is COC(=O)c1ccc(N(CCC(c2ccccc2)c2ccccc2)C(=O)Nc2nc(-c3ccc(NS(C)(=O)=O)cc3)c(Cl)s2)cc1. The van der Waals surface area contributed by atoms with Crippen LogP contribution < -0.4 is 14.9 Å². The number of thiazole rings is 1. The summed E-state index contributed by atoms with van der Waals surface area (Å²) in [5, 5.41) is 3.19. The molecule has 1 aromatic heterocycles. The molecule has 5 aromatic rings. The number of hydrogen-bond donors (Lipinski definition) is 2. The molecule has 4 aromatic carbocycles. The normalized spacial score (nSPS) is 11.2. The van der Waals surface area contributed by atoms with Gasteiger partial charge >= 0.3 is 12.0 Å². The van der Waals surface area contributed by atoms with Crippen molar-refractivity contribution in [3.8, 4) is 11.3 Å². The maximum atomic E-state index is 13.9. The van der Waals surface area contributed by atoms with E-state index in [0.29, 0.717) is 50.6 Å². The van der Waals surface area contributed by atoms with Crippen LogP contribution >= 0.6 is 22.9 Å². The summed E-state index contributed by atoms with van der Waals surface area (Å²) in [7, 11) is -2.10. The highest BCUT2D eigenvalue weighted by molar-refractivity contribution is 7.92. The van der Waals surface area contributed by atoms with Crippen molar-refractivity contribution in [3.63, 3.8) is 0 Å². The van der Waals surface area contributed by atoms with Gasteiger partial charge in [-0.2, -0.15) is 0 Å². The van der Waals surface area contributed by atoms with Gasteiger partial charge in [0.05, 0.1) is 18.9 Å². The third-order valence-corrected chi connectivity index (χ3v) is 8.93. The Morgan fingerprint density at radius 3 is 2.02 bits per heavy atom. The van der Waals surface area contributed by atoms with Crippen LogP contribution in [0.15, 0.2) is 109 Å². The Hall–Kier alpha value is -4.71. The van der Waals surface area contributed by atoms with E-state index < -0.39 is 22.0 Å². The first kappa shape index (κ1) is 32.7. The maximum absolute atomic E-state index is 13.9. The van der Waals surface area contributed by atoms with E-state index >= 15 is 0 Å². The fourth-order valence-corrected chi connectivity index (χ4v) is 6.64. The van der Waals surface area contributed by atoms with Crippen LogP contribution in [0.4, 0.5) is 21.3 Å². The molecule has 0 saturated heterocycles. The van der Waals surface area contributed by atoms with Gasteiger partial charge in [-0.1, -0.05) is 95.7 Å². The highest BCUT2D eigenvalue weighted by atomic mass is 35.5. The first-order chi connectivity index (χ1) is 22.1. The minimum atomic E-state index is -3.42. The molecule has 236 valence electrons. The van der Waals surface area contributed by atoms with Gasteiger partial charge in [0.2, 0.25) is 10.0 Å². The van der Waals surface area contributed by atoms with Crippen LogP contribution in [0.3, 0.4) is 0 Å². The summed E-state index contributed by atoms with van der Waals surface area (Å²) in [6.07, 6.45) is 1.69. The molecule has 5 rings (SSSR count). The van der Waals surface area contributed by atoms with Crippen LogP contribution in [0.25, 0.3) is 11.3 Å². The molecule has 0 unspecified atom stereocenters. The van der Waals surface area contributed by atoms with Crippen LogP contribution in [-0.4, -0.2) is 45.3 Å². The summed E-state index contributed by atoms with van der Waals surface area (Å²) >= 11 is 7.66. The van der Waals surface area contributed by atoms with E-state index in [9.17, 15) is 18.0 Å². The van der Waals surface area contributed by atoms with Gasteiger partial charge in [-0.3, -0.25) is 14.9 Å². The second-order valence-electron chi connectivity index (χ2n) is 10.4. The number of aromatic nitrogens is 1. The highest BCUT2D eigenvalue weighted by Crippen LogP contribution is 2.36. The van der Waals surface area contributed by atoms with Gasteiger partial charge in [-0.25, -0.2) is 23.0 Å². The average molecular weight is 675 g/mol. The summed E-state index contributed by atoms with van der Waals surface area (Å²) in [6, 6.07) is 33.1. The second-order valence-corrected chi connectivity index (χ2v) is 13.7. The number of hydrogen-bond acceptors (Lipinski definition) is 7. The molecule has 0 fully saturated rings. The zero-order valence-corrected chi connectivity index (χ0v) is 27.4. The van der Waals surface area contributed by atoms with Gasteiger partial charge in [0.25, 0.3) is 0 Å². The number of methoxy groups -OCH3 is 1. The highest BCUT2D eigenvalue weighted by Gasteiger charge is 2.23. The van der Waals surface area contributed by atoms with Crippen molar-refractivity contribution >= 4 is 61.5 Å². The molecule has 0 aliphatic heterocycles. The second kappa shape index (κ2) is 14.6. The molecule has 2 N–H and O–H groups in total. The number of nitrogens with one attached hydrogen (secondary N) is 2. The van der Waals surface area contributed by atoms with E-state index in [2.05, 4.69) is 39.3 Å². The van der Waals surface area contributed by atoms with Crippen LogP contribution in [-0.2, 0) is 14.8 Å². The van der Waals surface area contributed by atoms with Crippen molar-refractivity contribution in [2.75, 3.05) is 34.8 Å². The average Bonchev–Trinajstić information content (AvgIpc) is 3.42. The number of nitrogens with zero attached hydrogens (tertiary/aromatic N) is 2. The van der Waals surface area contributed by atoms with Gasteiger partial charge in [0.15, 0.2) is 5.13 Å².